The number of ether oxygens (including phenoxy) is 2. The molecule has 1 heterocycles. The third kappa shape index (κ3) is 3.05. The first kappa shape index (κ1) is 13.2. The van der Waals surface area contributed by atoms with E-state index in [9.17, 15) is 10.1 Å². The highest BCUT2D eigenvalue weighted by molar-refractivity contribution is 5.55. The third-order valence-corrected chi connectivity index (χ3v) is 3.26. The highest BCUT2D eigenvalue weighted by Gasteiger charge is 2.12. The molecule has 0 atom stereocenters. The summed E-state index contributed by atoms with van der Waals surface area (Å²) in [6.45, 7) is 0.999. The lowest BCUT2D eigenvalue weighted by Crippen LogP contribution is -2.04. The lowest BCUT2D eigenvalue weighted by atomic mass is 10.1. The lowest BCUT2D eigenvalue weighted by molar-refractivity contribution is -0.384. The van der Waals surface area contributed by atoms with Crippen LogP contribution in [0.15, 0.2) is 42.5 Å². The van der Waals surface area contributed by atoms with Gasteiger partial charge in [-0.1, -0.05) is 12.1 Å². The Labute approximate surface area is 121 Å². The van der Waals surface area contributed by atoms with Gasteiger partial charge in [-0.2, -0.15) is 0 Å². The van der Waals surface area contributed by atoms with Crippen LogP contribution in [0.25, 0.3) is 0 Å². The van der Waals surface area contributed by atoms with Crippen LogP contribution in [-0.4, -0.2) is 18.3 Å². The van der Waals surface area contributed by atoms with Crippen LogP contribution in [0.1, 0.15) is 5.56 Å². The van der Waals surface area contributed by atoms with Crippen LogP contribution in [-0.2, 0) is 6.42 Å². The van der Waals surface area contributed by atoms with Crippen LogP contribution < -0.4 is 14.8 Å². The molecule has 1 aliphatic heterocycles. The van der Waals surface area contributed by atoms with E-state index >= 15 is 0 Å². The zero-order valence-electron chi connectivity index (χ0n) is 11.2. The van der Waals surface area contributed by atoms with E-state index in [-0.39, 0.29) is 12.5 Å². The van der Waals surface area contributed by atoms with Gasteiger partial charge in [-0.15, -0.1) is 0 Å². The lowest BCUT2D eigenvalue weighted by Gasteiger charge is -2.07. The first-order valence-corrected chi connectivity index (χ1v) is 6.59. The third-order valence-electron chi connectivity index (χ3n) is 3.26. The Morgan fingerprint density at radius 2 is 1.86 bits per heavy atom. The Balaban J connectivity index is 1.55. The van der Waals surface area contributed by atoms with Gasteiger partial charge in [0.2, 0.25) is 6.79 Å². The summed E-state index contributed by atoms with van der Waals surface area (Å²) in [5.74, 6) is 1.51. The van der Waals surface area contributed by atoms with Crippen molar-refractivity contribution in [3.05, 3.63) is 58.1 Å². The summed E-state index contributed by atoms with van der Waals surface area (Å²) in [5.41, 5.74) is 2.12. The second-order valence-corrected chi connectivity index (χ2v) is 4.67. The first-order valence-electron chi connectivity index (χ1n) is 6.59. The molecule has 0 bridgehead atoms. The molecule has 0 spiro atoms. The van der Waals surface area contributed by atoms with E-state index in [1.807, 2.05) is 18.2 Å². The van der Waals surface area contributed by atoms with E-state index in [0.29, 0.717) is 0 Å². The van der Waals surface area contributed by atoms with Gasteiger partial charge in [-0.25, -0.2) is 0 Å². The van der Waals surface area contributed by atoms with E-state index < -0.39 is 4.92 Å². The summed E-state index contributed by atoms with van der Waals surface area (Å²) in [5, 5.41) is 13.9. The Morgan fingerprint density at radius 3 is 2.62 bits per heavy atom. The van der Waals surface area contributed by atoms with Crippen LogP contribution in [0.4, 0.5) is 11.4 Å². The van der Waals surface area contributed by atoms with E-state index in [0.717, 1.165) is 35.7 Å². The fourth-order valence-corrected chi connectivity index (χ4v) is 2.14. The highest BCUT2D eigenvalue weighted by Crippen LogP contribution is 2.34. The Kier molecular flexibility index (Phi) is 3.59. The van der Waals surface area contributed by atoms with E-state index in [4.69, 9.17) is 9.47 Å². The highest BCUT2D eigenvalue weighted by atomic mass is 16.7. The molecular weight excluding hydrogens is 272 g/mol. The van der Waals surface area contributed by atoms with Gasteiger partial charge < -0.3 is 14.8 Å². The number of hydrogen-bond donors (Lipinski definition) is 1. The molecule has 2 aromatic rings. The van der Waals surface area contributed by atoms with Gasteiger partial charge in [0.25, 0.3) is 5.69 Å². The van der Waals surface area contributed by atoms with Gasteiger partial charge in [0, 0.05) is 30.4 Å². The number of non-ortho nitro benzene ring substituents is 1. The fourth-order valence-electron chi connectivity index (χ4n) is 2.14. The maximum atomic E-state index is 10.6. The van der Waals surface area contributed by atoms with Crippen LogP contribution in [0.2, 0.25) is 0 Å². The molecule has 1 N–H and O–H groups in total. The average molecular weight is 286 g/mol. The molecule has 0 fully saturated rings. The molecule has 3 rings (SSSR count). The SMILES string of the molecule is O=[N+]([O-])c1ccc(CCNc2ccc3c(c2)OCO3)cc1. The van der Waals surface area contributed by atoms with Gasteiger partial charge >= 0.3 is 0 Å². The van der Waals surface area contributed by atoms with Crippen LogP contribution in [0.3, 0.4) is 0 Å². The Hall–Kier alpha value is -2.76. The van der Waals surface area contributed by atoms with Gasteiger partial charge in [-0.05, 0) is 24.1 Å². The molecule has 0 aliphatic carbocycles. The van der Waals surface area contributed by atoms with Gasteiger partial charge in [0.05, 0.1) is 4.92 Å². The zero-order valence-corrected chi connectivity index (χ0v) is 11.2. The minimum Gasteiger partial charge on any atom is -0.454 e. The van der Waals surface area contributed by atoms with Gasteiger partial charge in [0.15, 0.2) is 11.5 Å². The predicted octanol–water partition coefficient (Wildman–Crippen LogP) is 2.98. The molecule has 108 valence electrons. The number of nitrogens with one attached hydrogen (secondary N) is 1. The van der Waals surface area contributed by atoms with Gasteiger partial charge in [0.1, 0.15) is 0 Å². The molecular formula is C15H14N2O4. The second-order valence-electron chi connectivity index (χ2n) is 4.67. The van der Waals surface area contributed by atoms with E-state index in [1.54, 1.807) is 12.1 Å². The monoisotopic (exact) mass is 286 g/mol. The number of nitro benzene ring substituents is 1. The molecule has 6 heteroatoms. The van der Waals surface area contributed by atoms with Gasteiger partial charge in [-0.3, -0.25) is 10.1 Å². The summed E-state index contributed by atoms with van der Waals surface area (Å²) in [6.07, 6.45) is 0.784. The summed E-state index contributed by atoms with van der Waals surface area (Å²) in [6, 6.07) is 12.3. The molecule has 21 heavy (non-hydrogen) atoms. The molecule has 0 radical (unpaired) electrons. The standard InChI is InChI=1S/C15H14N2O4/c18-17(19)13-4-1-11(2-5-13)7-8-16-12-3-6-14-15(9-12)21-10-20-14/h1-6,9,16H,7-8,10H2. The number of benzene rings is 2. The Morgan fingerprint density at radius 1 is 1.10 bits per heavy atom. The molecule has 2 aromatic carbocycles. The number of rotatable bonds is 5. The number of nitrogens with zero attached hydrogens (tertiary/aromatic N) is 1. The fraction of sp³-hybridized carbons (Fsp3) is 0.200. The second kappa shape index (κ2) is 5.70. The Bertz CT molecular complexity index is 655. The quantitative estimate of drug-likeness (QED) is 0.675. The minimum atomic E-state index is -0.394. The van der Waals surface area contributed by atoms with Crippen molar-refractivity contribution in [2.24, 2.45) is 0 Å². The summed E-state index contributed by atoms with van der Waals surface area (Å²) in [4.78, 5) is 10.2. The average Bonchev–Trinajstić information content (AvgIpc) is 2.95. The molecule has 1 aliphatic rings. The van der Waals surface area contributed by atoms with Crippen molar-refractivity contribution >= 4 is 11.4 Å². The normalized spacial score (nSPS) is 12.2. The number of nitro groups is 1. The molecule has 0 unspecified atom stereocenters. The maximum Gasteiger partial charge on any atom is 0.269 e. The number of anilines is 1. The van der Waals surface area contributed by atoms with E-state index in [1.165, 1.54) is 12.1 Å². The molecule has 0 saturated heterocycles. The number of hydrogen-bond acceptors (Lipinski definition) is 5. The summed E-state index contributed by atoms with van der Waals surface area (Å²) >= 11 is 0. The number of fused-ring (bicyclic) bond motifs is 1. The van der Waals surface area contributed by atoms with Crippen LogP contribution in [0.5, 0.6) is 11.5 Å². The predicted molar refractivity (Wildman–Crippen MR) is 77.9 cm³/mol. The van der Waals surface area contributed by atoms with Crippen molar-refractivity contribution in [1.82, 2.24) is 0 Å². The van der Waals surface area contributed by atoms with Crippen LogP contribution >= 0.6 is 0 Å². The maximum absolute atomic E-state index is 10.6. The minimum absolute atomic E-state index is 0.113. The molecule has 0 saturated carbocycles. The summed E-state index contributed by atoms with van der Waals surface area (Å²) < 4.78 is 10.6. The van der Waals surface area contributed by atoms with Crippen molar-refractivity contribution in [2.75, 3.05) is 18.7 Å². The largest absolute Gasteiger partial charge is 0.454 e. The van der Waals surface area contributed by atoms with Crippen molar-refractivity contribution in [3.63, 3.8) is 0 Å². The molecule has 0 aromatic heterocycles. The van der Waals surface area contributed by atoms with Crippen molar-refractivity contribution < 1.29 is 14.4 Å². The van der Waals surface area contributed by atoms with Crippen molar-refractivity contribution in [1.29, 1.82) is 0 Å². The molecule has 0 amide bonds. The smallest absolute Gasteiger partial charge is 0.269 e. The van der Waals surface area contributed by atoms with Crippen molar-refractivity contribution in [2.45, 2.75) is 6.42 Å². The molecule has 6 nitrogen and oxygen atoms in total. The van der Waals surface area contributed by atoms with Crippen molar-refractivity contribution in [3.8, 4) is 11.5 Å². The van der Waals surface area contributed by atoms with E-state index in [2.05, 4.69) is 5.32 Å². The van der Waals surface area contributed by atoms with Crippen LogP contribution in [0, 0.1) is 10.1 Å². The summed E-state index contributed by atoms with van der Waals surface area (Å²) in [7, 11) is 0. The topological polar surface area (TPSA) is 73.6 Å². The zero-order chi connectivity index (χ0) is 14.7. The first-order chi connectivity index (χ1) is 10.2.